The van der Waals surface area contributed by atoms with Gasteiger partial charge in [0, 0.05) is 0 Å². The largest absolute Gasteiger partial charge is 0.504 e. The lowest BCUT2D eigenvalue weighted by Crippen LogP contribution is -1.96. The summed E-state index contributed by atoms with van der Waals surface area (Å²) in [5.41, 5.74) is 1.13. The molecule has 0 atom stereocenters. The van der Waals surface area contributed by atoms with E-state index in [2.05, 4.69) is 13.8 Å². The molecule has 0 radical (unpaired) electrons. The molecule has 1 N–H and O–H groups in total. The van der Waals surface area contributed by atoms with Crippen LogP contribution >= 0.6 is 0 Å². The standard InChI is InChI=1S/C12H18O2/c1-3-5-8-14-12-7-6-10(4-2)9-11(12)13/h6-7,9,13H,3-5,8H2,1-2H3. The normalized spacial score (nSPS) is 10.1. The van der Waals surface area contributed by atoms with Crippen molar-refractivity contribution in [3.05, 3.63) is 23.8 Å². The molecular weight excluding hydrogens is 176 g/mol. The van der Waals surface area contributed by atoms with Gasteiger partial charge in [-0.1, -0.05) is 26.3 Å². The smallest absolute Gasteiger partial charge is 0.160 e. The molecule has 0 aliphatic heterocycles. The number of benzene rings is 1. The van der Waals surface area contributed by atoms with Crippen molar-refractivity contribution in [3.8, 4) is 11.5 Å². The van der Waals surface area contributed by atoms with Crippen molar-refractivity contribution in [2.75, 3.05) is 6.61 Å². The van der Waals surface area contributed by atoms with Crippen molar-refractivity contribution in [3.63, 3.8) is 0 Å². The first kappa shape index (κ1) is 10.9. The van der Waals surface area contributed by atoms with Crippen LogP contribution in [0.4, 0.5) is 0 Å². The number of hydrogen-bond donors (Lipinski definition) is 1. The van der Waals surface area contributed by atoms with E-state index in [0.717, 1.165) is 24.8 Å². The number of aromatic hydroxyl groups is 1. The van der Waals surface area contributed by atoms with Gasteiger partial charge in [-0.05, 0) is 30.5 Å². The molecule has 2 nitrogen and oxygen atoms in total. The topological polar surface area (TPSA) is 29.5 Å². The molecule has 0 saturated carbocycles. The van der Waals surface area contributed by atoms with Crippen molar-refractivity contribution in [2.45, 2.75) is 33.1 Å². The minimum Gasteiger partial charge on any atom is -0.504 e. The highest BCUT2D eigenvalue weighted by molar-refractivity contribution is 5.41. The van der Waals surface area contributed by atoms with E-state index in [0.29, 0.717) is 12.4 Å². The van der Waals surface area contributed by atoms with Crippen LogP contribution in [0.1, 0.15) is 32.3 Å². The van der Waals surface area contributed by atoms with E-state index in [9.17, 15) is 5.11 Å². The monoisotopic (exact) mass is 194 g/mol. The van der Waals surface area contributed by atoms with E-state index < -0.39 is 0 Å². The summed E-state index contributed by atoms with van der Waals surface area (Å²) in [4.78, 5) is 0. The Kier molecular flexibility index (Phi) is 4.30. The SMILES string of the molecule is CCCCOc1ccc(CC)cc1O. The summed E-state index contributed by atoms with van der Waals surface area (Å²) in [6, 6.07) is 5.59. The second-order valence-electron chi connectivity index (χ2n) is 3.36. The van der Waals surface area contributed by atoms with Crippen LogP contribution in [-0.4, -0.2) is 11.7 Å². The summed E-state index contributed by atoms with van der Waals surface area (Å²) in [6.45, 7) is 4.85. The molecule has 0 heterocycles. The van der Waals surface area contributed by atoms with Gasteiger partial charge in [-0.3, -0.25) is 0 Å². The van der Waals surface area contributed by atoms with E-state index in [4.69, 9.17) is 4.74 Å². The van der Waals surface area contributed by atoms with Crippen molar-refractivity contribution >= 4 is 0 Å². The van der Waals surface area contributed by atoms with Crippen LogP contribution in [0.15, 0.2) is 18.2 Å². The van der Waals surface area contributed by atoms with Crippen LogP contribution in [0, 0.1) is 0 Å². The summed E-state index contributed by atoms with van der Waals surface area (Å²) in [5.74, 6) is 0.844. The van der Waals surface area contributed by atoms with Crippen molar-refractivity contribution < 1.29 is 9.84 Å². The van der Waals surface area contributed by atoms with Crippen molar-refractivity contribution in [1.82, 2.24) is 0 Å². The maximum absolute atomic E-state index is 9.60. The molecule has 78 valence electrons. The minimum absolute atomic E-state index is 0.250. The van der Waals surface area contributed by atoms with E-state index in [1.807, 2.05) is 12.1 Å². The zero-order valence-electron chi connectivity index (χ0n) is 8.92. The number of phenols is 1. The molecule has 14 heavy (non-hydrogen) atoms. The predicted octanol–water partition coefficient (Wildman–Crippen LogP) is 3.13. The van der Waals surface area contributed by atoms with Gasteiger partial charge in [-0.2, -0.15) is 0 Å². The fourth-order valence-electron chi connectivity index (χ4n) is 1.23. The average molecular weight is 194 g/mol. The molecule has 0 aromatic heterocycles. The summed E-state index contributed by atoms with van der Waals surface area (Å²) in [6.07, 6.45) is 3.06. The number of hydrogen-bond acceptors (Lipinski definition) is 2. The first-order valence-electron chi connectivity index (χ1n) is 5.22. The lowest BCUT2D eigenvalue weighted by atomic mass is 10.1. The molecule has 1 rings (SSSR count). The molecule has 0 saturated heterocycles. The van der Waals surface area contributed by atoms with E-state index in [1.165, 1.54) is 0 Å². The molecule has 0 fully saturated rings. The Bertz CT molecular complexity index is 282. The summed E-state index contributed by atoms with van der Waals surface area (Å²) >= 11 is 0. The highest BCUT2D eigenvalue weighted by Crippen LogP contribution is 2.27. The van der Waals surface area contributed by atoms with Gasteiger partial charge in [0.05, 0.1) is 6.61 Å². The van der Waals surface area contributed by atoms with Gasteiger partial charge in [0.25, 0.3) is 0 Å². The molecule has 0 bridgehead atoms. The molecule has 2 heteroatoms. The van der Waals surface area contributed by atoms with Gasteiger partial charge >= 0.3 is 0 Å². The molecule has 0 unspecified atom stereocenters. The zero-order chi connectivity index (χ0) is 10.4. The molecule has 1 aromatic carbocycles. The van der Waals surface area contributed by atoms with Gasteiger partial charge in [0.1, 0.15) is 0 Å². The van der Waals surface area contributed by atoms with Gasteiger partial charge < -0.3 is 9.84 Å². The highest BCUT2D eigenvalue weighted by atomic mass is 16.5. The lowest BCUT2D eigenvalue weighted by Gasteiger charge is -2.08. The lowest BCUT2D eigenvalue weighted by molar-refractivity contribution is 0.292. The van der Waals surface area contributed by atoms with Crippen LogP contribution in [0.25, 0.3) is 0 Å². The van der Waals surface area contributed by atoms with E-state index >= 15 is 0 Å². The van der Waals surface area contributed by atoms with Crippen LogP contribution in [0.5, 0.6) is 11.5 Å². The average Bonchev–Trinajstić information content (AvgIpc) is 2.20. The Hall–Kier alpha value is -1.18. The number of rotatable bonds is 5. The number of aryl methyl sites for hydroxylation is 1. The zero-order valence-corrected chi connectivity index (χ0v) is 8.92. The third kappa shape index (κ3) is 2.95. The summed E-state index contributed by atoms with van der Waals surface area (Å²) < 4.78 is 5.43. The molecule has 0 aliphatic rings. The predicted molar refractivity (Wildman–Crippen MR) is 57.9 cm³/mol. The third-order valence-corrected chi connectivity index (χ3v) is 2.19. The van der Waals surface area contributed by atoms with Crippen LogP contribution in [-0.2, 0) is 6.42 Å². The third-order valence-electron chi connectivity index (χ3n) is 2.19. The Morgan fingerprint density at radius 1 is 1.29 bits per heavy atom. The first-order valence-corrected chi connectivity index (χ1v) is 5.22. The van der Waals surface area contributed by atoms with E-state index in [1.54, 1.807) is 6.07 Å². The van der Waals surface area contributed by atoms with E-state index in [-0.39, 0.29) is 5.75 Å². The van der Waals surface area contributed by atoms with Crippen LogP contribution < -0.4 is 4.74 Å². The second-order valence-corrected chi connectivity index (χ2v) is 3.36. The van der Waals surface area contributed by atoms with Gasteiger partial charge in [0.2, 0.25) is 0 Å². The maximum Gasteiger partial charge on any atom is 0.160 e. The number of ether oxygens (including phenoxy) is 1. The second kappa shape index (κ2) is 5.53. The van der Waals surface area contributed by atoms with Crippen molar-refractivity contribution in [1.29, 1.82) is 0 Å². The number of unbranched alkanes of at least 4 members (excludes halogenated alkanes) is 1. The number of phenolic OH excluding ortho intramolecular Hbond substituents is 1. The molecule has 1 aromatic rings. The first-order chi connectivity index (χ1) is 6.77. The quantitative estimate of drug-likeness (QED) is 0.730. The highest BCUT2D eigenvalue weighted by Gasteiger charge is 2.02. The Balaban J connectivity index is 2.59. The van der Waals surface area contributed by atoms with Crippen molar-refractivity contribution in [2.24, 2.45) is 0 Å². The Morgan fingerprint density at radius 2 is 2.07 bits per heavy atom. The fraction of sp³-hybridized carbons (Fsp3) is 0.500. The Morgan fingerprint density at radius 3 is 2.64 bits per heavy atom. The van der Waals surface area contributed by atoms with Crippen LogP contribution in [0.3, 0.4) is 0 Å². The summed E-state index contributed by atoms with van der Waals surface area (Å²) in [7, 11) is 0. The van der Waals surface area contributed by atoms with Crippen LogP contribution in [0.2, 0.25) is 0 Å². The van der Waals surface area contributed by atoms with Gasteiger partial charge in [-0.25, -0.2) is 0 Å². The molecule has 0 amide bonds. The maximum atomic E-state index is 9.60. The molecular formula is C12H18O2. The molecule has 0 aliphatic carbocycles. The molecule has 0 spiro atoms. The minimum atomic E-state index is 0.250. The Labute approximate surface area is 85.5 Å². The van der Waals surface area contributed by atoms with Gasteiger partial charge in [-0.15, -0.1) is 0 Å². The van der Waals surface area contributed by atoms with Gasteiger partial charge in [0.15, 0.2) is 11.5 Å². The fourth-order valence-corrected chi connectivity index (χ4v) is 1.23. The summed E-state index contributed by atoms with van der Waals surface area (Å²) in [5, 5.41) is 9.60.